The van der Waals surface area contributed by atoms with Crippen LogP contribution in [0, 0.1) is 6.92 Å². The molecule has 11 heteroatoms. The number of aryl methyl sites for hydroxylation is 1. The molecule has 0 N–H and O–H groups in total. The molecule has 40 heavy (non-hydrogen) atoms. The van der Waals surface area contributed by atoms with Crippen LogP contribution in [0.25, 0.3) is 10.2 Å². The second-order valence-electron chi connectivity index (χ2n) is 11.5. The molecule has 1 aromatic carbocycles. The van der Waals surface area contributed by atoms with Crippen molar-refractivity contribution in [3.05, 3.63) is 60.0 Å². The van der Waals surface area contributed by atoms with E-state index in [4.69, 9.17) is 18.9 Å². The predicted molar refractivity (Wildman–Crippen MR) is 159 cm³/mol. The van der Waals surface area contributed by atoms with Crippen LogP contribution in [0.3, 0.4) is 0 Å². The highest BCUT2D eigenvalue weighted by atomic mass is 79.9. The minimum Gasteiger partial charge on any atom is -0.496 e. The van der Waals surface area contributed by atoms with E-state index in [2.05, 4.69) is 15.9 Å². The number of rotatable bonds is 8. The molecule has 1 atom stereocenters. The zero-order valence-electron chi connectivity index (χ0n) is 24.0. The number of esters is 1. The van der Waals surface area contributed by atoms with Crippen LogP contribution in [0.15, 0.2) is 37.6 Å². The second-order valence-corrected chi connectivity index (χ2v) is 13.8. The minimum atomic E-state index is -1.57. The molecule has 0 bridgehead atoms. The number of methoxy groups -OCH3 is 1. The van der Waals surface area contributed by atoms with Gasteiger partial charge in [0.25, 0.3) is 5.56 Å². The van der Waals surface area contributed by atoms with Crippen molar-refractivity contribution in [2.24, 2.45) is 0 Å². The summed E-state index contributed by atoms with van der Waals surface area (Å²) in [5.41, 5.74) is -2.03. The largest absolute Gasteiger partial charge is 0.496 e. The Bertz CT molecular complexity index is 1510. The summed E-state index contributed by atoms with van der Waals surface area (Å²) in [5, 5.41) is 0.373. The number of halogens is 1. The Labute approximate surface area is 246 Å². The molecule has 0 saturated carbocycles. The van der Waals surface area contributed by atoms with Gasteiger partial charge >= 0.3 is 11.7 Å². The van der Waals surface area contributed by atoms with Crippen LogP contribution >= 0.6 is 27.3 Å². The summed E-state index contributed by atoms with van der Waals surface area (Å²) in [6.07, 6.45) is 0.808. The van der Waals surface area contributed by atoms with Crippen molar-refractivity contribution in [1.29, 1.82) is 0 Å². The first kappa shape index (κ1) is 30.5. The van der Waals surface area contributed by atoms with Crippen molar-refractivity contribution in [1.82, 2.24) is 9.13 Å². The van der Waals surface area contributed by atoms with Crippen molar-refractivity contribution in [2.75, 3.05) is 20.3 Å². The highest BCUT2D eigenvalue weighted by Gasteiger charge is 2.39. The Hall–Kier alpha value is -2.47. The number of hydrogen-bond donors (Lipinski definition) is 0. The van der Waals surface area contributed by atoms with Gasteiger partial charge in [-0.2, -0.15) is 0 Å². The average molecular weight is 638 g/mol. The van der Waals surface area contributed by atoms with E-state index in [9.17, 15) is 14.4 Å². The molecule has 3 aromatic rings. The van der Waals surface area contributed by atoms with Gasteiger partial charge in [-0.3, -0.25) is 9.36 Å². The molecule has 9 nitrogen and oxygen atoms in total. The van der Waals surface area contributed by atoms with Crippen LogP contribution in [0.4, 0.5) is 0 Å². The number of carbonyl (C=O) groups is 1. The zero-order chi connectivity index (χ0) is 29.4. The molecule has 1 unspecified atom stereocenters. The third-order valence-corrected chi connectivity index (χ3v) is 9.15. The monoisotopic (exact) mass is 636 g/mol. The van der Waals surface area contributed by atoms with Crippen LogP contribution in [0.1, 0.15) is 64.7 Å². The van der Waals surface area contributed by atoms with Crippen LogP contribution < -0.4 is 16.0 Å². The summed E-state index contributed by atoms with van der Waals surface area (Å²) in [4.78, 5) is 42.0. The van der Waals surface area contributed by atoms with Gasteiger partial charge < -0.3 is 18.9 Å². The standard InChI is InChI=1S/C29H37BrN2O7S/c1-17-22-24(33)32(29(5,6)26(34)39-28(2,3)4)27(35)31(25(22)40-23(17)30)16-21(38-18-12-14-37-15-13-18)19-10-8-9-11-20(19)36-7/h8-11,18,21H,12-16H2,1-7H3. The molecule has 3 heterocycles. The molecule has 2 aromatic heterocycles. The smallest absolute Gasteiger partial charge is 0.333 e. The van der Waals surface area contributed by atoms with Crippen LogP contribution in [-0.4, -0.2) is 47.1 Å². The SMILES string of the molecule is COc1ccccc1C(Cn1c(=O)n(C(C)(C)C(=O)OC(C)(C)C)c(=O)c2c(C)c(Br)sc21)OC1CCOCC1. The van der Waals surface area contributed by atoms with Gasteiger partial charge in [0, 0.05) is 18.8 Å². The van der Waals surface area contributed by atoms with Crippen molar-refractivity contribution < 1.29 is 23.7 Å². The van der Waals surface area contributed by atoms with E-state index in [-0.39, 0.29) is 12.6 Å². The third kappa shape index (κ3) is 6.07. The normalized spacial score (nSPS) is 15.8. The predicted octanol–water partition coefficient (Wildman–Crippen LogP) is 5.32. The van der Waals surface area contributed by atoms with Gasteiger partial charge in [-0.25, -0.2) is 14.2 Å². The van der Waals surface area contributed by atoms with Gasteiger partial charge in [0.05, 0.1) is 28.9 Å². The maximum absolute atomic E-state index is 14.3. The van der Waals surface area contributed by atoms with E-state index in [1.807, 2.05) is 31.2 Å². The molecular formula is C29H37BrN2O7S. The number of aromatic nitrogens is 2. The molecule has 0 amide bonds. The summed E-state index contributed by atoms with van der Waals surface area (Å²) in [6.45, 7) is 11.4. The Morgan fingerprint density at radius 2 is 1.80 bits per heavy atom. The summed E-state index contributed by atoms with van der Waals surface area (Å²) in [7, 11) is 1.60. The van der Waals surface area contributed by atoms with E-state index in [0.29, 0.717) is 34.7 Å². The Balaban J connectivity index is 1.93. The fourth-order valence-corrected chi connectivity index (χ4v) is 6.51. The first-order valence-electron chi connectivity index (χ1n) is 13.3. The van der Waals surface area contributed by atoms with Gasteiger partial charge in [-0.1, -0.05) is 18.2 Å². The van der Waals surface area contributed by atoms with Gasteiger partial charge in [0.2, 0.25) is 0 Å². The number of para-hydroxylation sites is 1. The molecule has 1 fully saturated rings. The molecule has 0 radical (unpaired) electrons. The van der Waals surface area contributed by atoms with Crippen LogP contribution in [0.2, 0.25) is 0 Å². The number of thiophene rings is 1. The lowest BCUT2D eigenvalue weighted by atomic mass is 10.0. The van der Waals surface area contributed by atoms with E-state index in [1.54, 1.807) is 32.4 Å². The van der Waals surface area contributed by atoms with E-state index >= 15 is 0 Å². The molecule has 1 aliphatic rings. The number of fused-ring (bicyclic) bond motifs is 1. The summed E-state index contributed by atoms with van der Waals surface area (Å²) in [6, 6.07) is 7.55. The van der Waals surface area contributed by atoms with Gasteiger partial charge in [0.1, 0.15) is 27.8 Å². The summed E-state index contributed by atoms with van der Waals surface area (Å²) in [5.74, 6) is -0.0356. The van der Waals surface area contributed by atoms with Crippen molar-refractivity contribution in [3.8, 4) is 5.75 Å². The fraction of sp³-hybridized carbons (Fsp3) is 0.552. The summed E-state index contributed by atoms with van der Waals surface area (Å²) < 4.78 is 26.7. The number of ether oxygens (including phenoxy) is 4. The Kier molecular flexibility index (Phi) is 8.99. The van der Waals surface area contributed by atoms with Crippen LogP contribution in [-0.2, 0) is 31.1 Å². The molecule has 1 aliphatic heterocycles. The van der Waals surface area contributed by atoms with Crippen molar-refractivity contribution in [3.63, 3.8) is 0 Å². The third-order valence-electron chi connectivity index (χ3n) is 6.97. The molecular weight excluding hydrogens is 600 g/mol. The maximum Gasteiger partial charge on any atom is 0.333 e. The molecule has 4 rings (SSSR count). The number of carbonyl (C=O) groups excluding carboxylic acids is 1. The number of hydrogen-bond acceptors (Lipinski definition) is 8. The lowest BCUT2D eigenvalue weighted by molar-refractivity contribution is -0.164. The van der Waals surface area contributed by atoms with E-state index in [0.717, 1.165) is 26.8 Å². The topological polar surface area (TPSA) is 98.0 Å². The highest BCUT2D eigenvalue weighted by molar-refractivity contribution is 9.11. The fourth-order valence-electron chi connectivity index (χ4n) is 4.82. The zero-order valence-corrected chi connectivity index (χ0v) is 26.4. The van der Waals surface area contributed by atoms with Gasteiger partial charge in [-0.15, -0.1) is 11.3 Å². The van der Waals surface area contributed by atoms with Gasteiger partial charge in [-0.05, 0) is 81.9 Å². The lowest BCUT2D eigenvalue weighted by Crippen LogP contribution is -2.54. The Morgan fingerprint density at radius 3 is 2.42 bits per heavy atom. The summed E-state index contributed by atoms with van der Waals surface area (Å²) >= 11 is 4.86. The van der Waals surface area contributed by atoms with Crippen LogP contribution in [0.5, 0.6) is 5.75 Å². The molecule has 0 aliphatic carbocycles. The van der Waals surface area contributed by atoms with E-state index < -0.39 is 34.5 Å². The quantitative estimate of drug-likeness (QED) is 0.309. The molecule has 1 saturated heterocycles. The lowest BCUT2D eigenvalue weighted by Gasteiger charge is -2.31. The first-order chi connectivity index (χ1) is 18.8. The van der Waals surface area contributed by atoms with Gasteiger partial charge in [0.15, 0.2) is 0 Å². The molecule has 0 spiro atoms. The number of benzene rings is 1. The molecule has 218 valence electrons. The van der Waals surface area contributed by atoms with Crippen molar-refractivity contribution in [2.45, 2.75) is 84.3 Å². The second kappa shape index (κ2) is 11.8. The average Bonchev–Trinajstić information content (AvgIpc) is 3.19. The number of nitrogens with zero attached hydrogens (tertiary/aromatic N) is 2. The Morgan fingerprint density at radius 1 is 1.15 bits per heavy atom. The van der Waals surface area contributed by atoms with E-state index in [1.165, 1.54) is 25.2 Å². The van der Waals surface area contributed by atoms with Crippen molar-refractivity contribution >= 4 is 43.5 Å². The highest BCUT2D eigenvalue weighted by Crippen LogP contribution is 2.36. The first-order valence-corrected chi connectivity index (χ1v) is 14.9. The maximum atomic E-state index is 14.3. The minimum absolute atomic E-state index is 0.0734.